The lowest BCUT2D eigenvalue weighted by molar-refractivity contribution is 0.0843. The van der Waals surface area contributed by atoms with E-state index in [2.05, 4.69) is 79.6 Å². The molecule has 0 heterocycles. The van der Waals surface area contributed by atoms with Gasteiger partial charge in [-0.3, -0.25) is 9.69 Å². The summed E-state index contributed by atoms with van der Waals surface area (Å²) >= 11 is 2.38. The van der Waals surface area contributed by atoms with E-state index in [9.17, 15) is 4.79 Å². The molecule has 174 valence electrons. The highest BCUT2D eigenvalue weighted by molar-refractivity contribution is 14.1. The summed E-state index contributed by atoms with van der Waals surface area (Å²) in [5.74, 6) is 1.02. The fraction of sp³-hybridized carbons (Fsp3) is 0.321. The summed E-state index contributed by atoms with van der Waals surface area (Å²) in [4.78, 5) is 15.7. The first-order valence-corrected chi connectivity index (χ1v) is 15.3. The molecule has 1 unspecified atom stereocenters. The minimum atomic E-state index is -1.93. The van der Waals surface area contributed by atoms with Gasteiger partial charge in [-0.25, -0.2) is 0 Å². The van der Waals surface area contributed by atoms with Gasteiger partial charge >= 0.3 is 0 Å². The van der Waals surface area contributed by atoms with Crippen molar-refractivity contribution >= 4 is 36.7 Å². The van der Waals surface area contributed by atoms with Crippen LogP contribution in [-0.4, -0.2) is 26.0 Å². The van der Waals surface area contributed by atoms with Crippen LogP contribution in [0.25, 0.3) is 0 Å². The zero-order chi connectivity index (χ0) is 24.2. The van der Waals surface area contributed by atoms with Crippen molar-refractivity contribution in [1.29, 1.82) is 0 Å². The number of likely N-dealkylation sites (N-methyl/N-ethyl adjacent to an activating group) is 1. The van der Waals surface area contributed by atoms with Crippen LogP contribution < -0.4 is 4.43 Å². The number of carbonyl (C=O) groups is 1. The maximum absolute atomic E-state index is 13.6. The number of halogens is 1. The molecule has 3 nitrogen and oxygen atoms in total. The largest absolute Gasteiger partial charge is 0.543 e. The molecule has 3 rings (SSSR count). The van der Waals surface area contributed by atoms with E-state index in [1.165, 1.54) is 3.57 Å². The number of benzene rings is 3. The molecule has 0 aliphatic carbocycles. The standard InChI is InChI=1S/C28H34INO2Si/c1-28(2,3)33(5,6)32-24-17-18-25(29)23(19-24)20-30(4)26(21-13-9-7-10-14-21)27(31)22-15-11-8-12-16-22/h7-19,26H,20H2,1-6H3. The van der Waals surface area contributed by atoms with Gasteiger partial charge in [-0.2, -0.15) is 0 Å². The van der Waals surface area contributed by atoms with E-state index < -0.39 is 8.32 Å². The summed E-state index contributed by atoms with van der Waals surface area (Å²) in [6.45, 7) is 11.9. The van der Waals surface area contributed by atoms with Crippen molar-refractivity contribution in [1.82, 2.24) is 4.90 Å². The second kappa shape index (κ2) is 10.5. The lowest BCUT2D eigenvalue weighted by Gasteiger charge is -2.36. The second-order valence-electron chi connectivity index (χ2n) is 10.1. The highest BCUT2D eigenvalue weighted by Crippen LogP contribution is 2.38. The van der Waals surface area contributed by atoms with Crippen molar-refractivity contribution < 1.29 is 9.22 Å². The third-order valence-corrected chi connectivity index (χ3v) is 11.9. The molecular weight excluding hydrogens is 537 g/mol. The van der Waals surface area contributed by atoms with Gasteiger partial charge in [0.1, 0.15) is 5.75 Å². The van der Waals surface area contributed by atoms with Crippen molar-refractivity contribution in [3.63, 3.8) is 0 Å². The third-order valence-electron chi connectivity index (χ3n) is 6.48. The van der Waals surface area contributed by atoms with Gasteiger partial charge in [-0.1, -0.05) is 81.4 Å². The van der Waals surface area contributed by atoms with Crippen LogP contribution in [0.15, 0.2) is 78.9 Å². The fourth-order valence-corrected chi connectivity index (χ4v) is 5.07. The summed E-state index contributed by atoms with van der Waals surface area (Å²) in [5.41, 5.74) is 2.89. The maximum Gasteiger partial charge on any atom is 0.250 e. The van der Waals surface area contributed by atoms with Crippen molar-refractivity contribution in [3.05, 3.63) is 99.1 Å². The first-order valence-electron chi connectivity index (χ1n) is 11.3. The zero-order valence-electron chi connectivity index (χ0n) is 20.4. The number of nitrogens with zero attached hydrogens (tertiary/aromatic N) is 1. The Hall–Kier alpha value is -1.96. The summed E-state index contributed by atoms with van der Waals surface area (Å²) in [7, 11) is 0.0912. The fourth-order valence-electron chi connectivity index (χ4n) is 3.55. The van der Waals surface area contributed by atoms with Crippen LogP contribution >= 0.6 is 22.6 Å². The highest BCUT2D eigenvalue weighted by atomic mass is 127. The minimum Gasteiger partial charge on any atom is -0.543 e. The monoisotopic (exact) mass is 571 g/mol. The molecule has 0 amide bonds. The normalized spacial score (nSPS) is 13.1. The van der Waals surface area contributed by atoms with Gasteiger partial charge < -0.3 is 4.43 Å². The number of ketones is 1. The summed E-state index contributed by atoms with van der Waals surface area (Å²) in [6.07, 6.45) is 0. The van der Waals surface area contributed by atoms with E-state index in [1.807, 2.05) is 67.7 Å². The van der Waals surface area contributed by atoms with Crippen LogP contribution in [0.1, 0.15) is 48.3 Å². The molecule has 5 heteroatoms. The number of Topliss-reactive ketones (excluding diaryl/α,β-unsaturated/α-hetero) is 1. The predicted molar refractivity (Wildman–Crippen MR) is 148 cm³/mol. The Bertz CT molecular complexity index is 1080. The van der Waals surface area contributed by atoms with E-state index in [0.717, 1.165) is 22.4 Å². The Labute approximate surface area is 213 Å². The zero-order valence-corrected chi connectivity index (χ0v) is 23.6. The molecule has 0 N–H and O–H groups in total. The van der Waals surface area contributed by atoms with E-state index in [1.54, 1.807) is 0 Å². The minimum absolute atomic E-state index is 0.105. The van der Waals surface area contributed by atoms with Crippen LogP contribution in [0.3, 0.4) is 0 Å². The van der Waals surface area contributed by atoms with Gasteiger partial charge in [0.05, 0.1) is 6.04 Å². The average molecular weight is 572 g/mol. The molecule has 0 radical (unpaired) electrons. The van der Waals surface area contributed by atoms with Crippen molar-refractivity contribution in [2.24, 2.45) is 0 Å². The van der Waals surface area contributed by atoms with E-state index in [0.29, 0.717) is 6.54 Å². The Kier molecular flexibility index (Phi) is 8.19. The van der Waals surface area contributed by atoms with Gasteiger partial charge in [-0.15, -0.1) is 0 Å². The maximum atomic E-state index is 13.6. The molecule has 0 aliphatic rings. The SMILES string of the molecule is CN(Cc1cc(O[Si](C)(C)C(C)(C)C)ccc1I)C(C(=O)c1ccccc1)c1ccccc1. The second-order valence-corrected chi connectivity index (χ2v) is 16.0. The van der Waals surface area contributed by atoms with Crippen LogP contribution in [0, 0.1) is 3.57 Å². The van der Waals surface area contributed by atoms with Crippen molar-refractivity contribution in [2.45, 2.75) is 51.5 Å². The van der Waals surface area contributed by atoms with Crippen molar-refractivity contribution in [3.8, 4) is 5.75 Å². The topological polar surface area (TPSA) is 29.5 Å². The molecule has 0 spiro atoms. The summed E-state index contributed by atoms with van der Waals surface area (Å²) in [6, 6.07) is 25.5. The number of rotatable bonds is 8. The molecule has 1 atom stereocenters. The lowest BCUT2D eigenvalue weighted by atomic mass is 9.96. The molecule has 3 aromatic rings. The Morgan fingerprint density at radius 3 is 2.12 bits per heavy atom. The van der Waals surface area contributed by atoms with Gasteiger partial charge in [0, 0.05) is 15.7 Å². The first-order chi connectivity index (χ1) is 15.5. The van der Waals surface area contributed by atoms with E-state index in [-0.39, 0.29) is 16.9 Å². The lowest BCUT2D eigenvalue weighted by Crippen LogP contribution is -2.43. The van der Waals surface area contributed by atoms with E-state index in [4.69, 9.17) is 4.43 Å². The van der Waals surface area contributed by atoms with E-state index >= 15 is 0 Å². The Morgan fingerprint density at radius 2 is 1.55 bits per heavy atom. The Balaban J connectivity index is 1.91. The molecule has 3 aromatic carbocycles. The molecule has 0 aromatic heterocycles. The van der Waals surface area contributed by atoms with Gasteiger partial charge in [0.15, 0.2) is 5.78 Å². The molecule has 0 aliphatic heterocycles. The van der Waals surface area contributed by atoms with Crippen LogP contribution in [0.5, 0.6) is 5.75 Å². The first kappa shape index (κ1) is 25.7. The molecule has 33 heavy (non-hydrogen) atoms. The smallest absolute Gasteiger partial charge is 0.250 e. The molecular formula is C28H34INO2Si. The summed E-state index contributed by atoms with van der Waals surface area (Å²) in [5, 5.41) is 0.132. The number of carbonyl (C=O) groups excluding carboxylic acids is 1. The third kappa shape index (κ3) is 6.34. The number of hydrogen-bond acceptors (Lipinski definition) is 3. The van der Waals surface area contributed by atoms with Crippen molar-refractivity contribution in [2.75, 3.05) is 7.05 Å². The average Bonchev–Trinajstić information content (AvgIpc) is 2.76. The quantitative estimate of drug-likeness (QED) is 0.157. The van der Waals surface area contributed by atoms with Gasteiger partial charge in [0.2, 0.25) is 8.32 Å². The predicted octanol–water partition coefficient (Wildman–Crippen LogP) is 7.73. The molecule has 0 bridgehead atoms. The van der Waals surface area contributed by atoms with Gasteiger partial charge in [-0.05, 0) is 77.1 Å². The molecule has 0 saturated carbocycles. The number of hydrogen-bond donors (Lipinski definition) is 0. The van der Waals surface area contributed by atoms with Crippen LogP contribution in [-0.2, 0) is 6.54 Å². The van der Waals surface area contributed by atoms with Crippen LogP contribution in [0.4, 0.5) is 0 Å². The van der Waals surface area contributed by atoms with Gasteiger partial charge in [0.25, 0.3) is 0 Å². The highest BCUT2D eigenvalue weighted by Gasteiger charge is 2.39. The summed E-state index contributed by atoms with van der Waals surface area (Å²) < 4.78 is 7.72. The molecule has 0 fully saturated rings. The van der Waals surface area contributed by atoms with Crippen LogP contribution in [0.2, 0.25) is 18.1 Å². The molecule has 0 saturated heterocycles. The Morgan fingerprint density at radius 1 is 0.970 bits per heavy atom.